The zero-order chi connectivity index (χ0) is 22.8. The summed E-state index contributed by atoms with van der Waals surface area (Å²) in [5.41, 5.74) is 2.66. The fourth-order valence-electron chi connectivity index (χ4n) is 3.53. The number of hydrogen-bond donors (Lipinski definition) is 0. The predicted molar refractivity (Wildman–Crippen MR) is 122 cm³/mol. The third kappa shape index (κ3) is 4.40. The highest BCUT2D eigenvalue weighted by molar-refractivity contribution is 8.00. The molecule has 0 N–H and O–H groups in total. The molecule has 2 aromatic heterocycles. The van der Waals surface area contributed by atoms with Crippen molar-refractivity contribution in [1.29, 1.82) is 5.26 Å². The molecule has 32 heavy (non-hydrogen) atoms. The fraction of sp³-hybridized carbons (Fsp3) is 0.261. The lowest BCUT2D eigenvalue weighted by atomic mass is 10.0. The summed E-state index contributed by atoms with van der Waals surface area (Å²) in [5.74, 6) is 1.02. The lowest BCUT2D eigenvalue weighted by Gasteiger charge is -2.23. The number of aryl methyl sites for hydroxylation is 2. The van der Waals surface area contributed by atoms with Gasteiger partial charge in [0.2, 0.25) is 0 Å². The van der Waals surface area contributed by atoms with Gasteiger partial charge in [-0.15, -0.1) is 0 Å². The van der Waals surface area contributed by atoms with Crippen LogP contribution in [-0.2, 0) is 4.79 Å². The van der Waals surface area contributed by atoms with Gasteiger partial charge in [-0.05, 0) is 50.6 Å². The molecule has 1 aromatic carbocycles. The first-order chi connectivity index (χ1) is 15.4. The Morgan fingerprint density at radius 3 is 2.69 bits per heavy atom. The Labute approximate surface area is 195 Å². The topological polar surface area (TPSA) is 95.4 Å². The van der Waals surface area contributed by atoms with Gasteiger partial charge in [0.05, 0.1) is 22.9 Å². The molecule has 0 bridgehead atoms. The zero-order valence-electron chi connectivity index (χ0n) is 17.7. The number of carbonyl (C=O) groups is 1. The van der Waals surface area contributed by atoms with Crippen LogP contribution in [0.2, 0.25) is 5.02 Å². The van der Waals surface area contributed by atoms with E-state index in [-0.39, 0.29) is 11.9 Å². The SMILES string of the molecule is Cc1nc(C)c(C#N)c(SC(C)C(=O)N2N=C(c3ccc(Cl)cc3)CC2c2ccco2)n1. The standard InChI is InChI=1S/C23H20ClN5O2S/c1-13-18(12-25)22(27-15(3)26-13)32-14(2)23(30)29-20(21-5-4-10-31-21)11-19(28-29)16-6-8-17(24)9-7-16/h4-10,14,20H,11H2,1-3H3. The molecule has 0 saturated heterocycles. The van der Waals surface area contributed by atoms with Gasteiger partial charge in [0, 0.05) is 11.4 Å². The highest BCUT2D eigenvalue weighted by Crippen LogP contribution is 2.36. The van der Waals surface area contributed by atoms with E-state index < -0.39 is 5.25 Å². The van der Waals surface area contributed by atoms with Crippen LogP contribution >= 0.6 is 23.4 Å². The van der Waals surface area contributed by atoms with E-state index in [0.29, 0.717) is 39.3 Å². The number of carbonyl (C=O) groups excluding carboxylic acids is 1. The Bertz CT molecular complexity index is 1220. The van der Waals surface area contributed by atoms with Crippen LogP contribution in [0, 0.1) is 25.2 Å². The molecule has 4 rings (SSSR count). The van der Waals surface area contributed by atoms with Gasteiger partial charge in [-0.1, -0.05) is 35.5 Å². The largest absolute Gasteiger partial charge is 0.467 e. The van der Waals surface area contributed by atoms with Crippen LogP contribution in [0.5, 0.6) is 0 Å². The van der Waals surface area contributed by atoms with Crippen molar-refractivity contribution >= 4 is 35.0 Å². The number of furan rings is 1. The van der Waals surface area contributed by atoms with E-state index >= 15 is 0 Å². The third-order valence-electron chi connectivity index (χ3n) is 5.10. The smallest absolute Gasteiger partial charge is 0.256 e. The van der Waals surface area contributed by atoms with E-state index in [1.54, 1.807) is 45.2 Å². The molecular formula is C23H20ClN5O2S. The maximum atomic E-state index is 13.5. The average molecular weight is 466 g/mol. The van der Waals surface area contributed by atoms with Gasteiger partial charge in [-0.2, -0.15) is 10.4 Å². The lowest BCUT2D eigenvalue weighted by molar-refractivity contribution is -0.132. The molecule has 1 amide bonds. The Hall–Kier alpha value is -3.15. The molecule has 0 fully saturated rings. The number of nitriles is 1. The van der Waals surface area contributed by atoms with Crippen LogP contribution in [0.3, 0.4) is 0 Å². The minimum absolute atomic E-state index is 0.196. The van der Waals surface area contributed by atoms with Gasteiger partial charge < -0.3 is 4.42 Å². The molecule has 7 nitrogen and oxygen atoms in total. The summed E-state index contributed by atoms with van der Waals surface area (Å²) in [6, 6.07) is 12.8. The quantitative estimate of drug-likeness (QED) is 0.385. The summed E-state index contributed by atoms with van der Waals surface area (Å²) in [6.45, 7) is 5.32. The monoisotopic (exact) mass is 465 g/mol. The first-order valence-corrected chi connectivity index (χ1v) is 11.2. The number of aromatic nitrogens is 2. The van der Waals surface area contributed by atoms with Gasteiger partial charge in [-0.25, -0.2) is 15.0 Å². The summed E-state index contributed by atoms with van der Waals surface area (Å²) in [5, 5.41) is 16.3. The van der Waals surface area contributed by atoms with Crippen molar-refractivity contribution < 1.29 is 9.21 Å². The van der Waals surface area contributed by atoms with E-state index in [1.165, 1.54) is 16.8 Å². The van der Waals surface area contributed by atoms with Crippen LogP contribution in [0.4, 0.5) is 0 Å². The lowest BCUT2D eigenvalue weighted by Crippen LogP contribution is -2.33. The van der Waals surface area contributed by atoms with Gasteiger partial charge in [0.15, 0.2) is 0 Å². The van der Waals surface area contributed by atoms with Crippen molar-refractivity contribution in [1.82, 2.24) is 15.0 Å². The summed E-state index contributed by atoms with van der Waals surface area (Å²) < 4.78 is 5.61. The molecule has 162 valence electrons. The number of nitrogens with zero attached hydrogens (tertiary/aromatic N) is 5. The van der Waals surface area contributed by atoms with Crippen molar-refractivity contribution in [2.75, 3.05) is 0 Å². The van der Waals surface area contributed by atoms with E-state index in [9.17, 15) is 10.1 Å². The Balaban J connectivity index is 1.63. The average Bonchev–Trinajstić information content (AvgIpc) is 3.43. The second-order valence-corrected chi connectivity index (χ2v) is 9.15. The van der Waals surface area contributed by atoms with E-state index in [1.807, 2.05) is 18.2 Å². The molecule has 2 atom stereocenters. The maximum absolute atomic E-state index is 13.5. The molecule has 9 heteroatoms. The first kappa shape index (κ1) is 22.1. The molecule has 3 heterocycles. The minimum Gasteiger partial charge on any atom is -0.467 e. The van der Waals surface area contributed by atoms with Crippen LogP contribution < -0.4 is 0 Å². The summed E-state index contributed by atoms with van der Waals surface area (Å²) in [7, 11) is 0. The molecule has 0 aliphatic carbocycles. The van der Waals surface area contributed by atoms with E-state index in [2.05, 4.69) is 21.1 Å². The zero-order valence-corrected chi connectivity index (χ0v) is 19.3. The van der Waals surface area contributed by atoms with Gasteiger partial charge in [0.1, 0.15) is 34.3 Å². The summed E-state index contributed by atoms with van der Waals surface area (Å²) in [4.78, 5) is 22.1. The van der Waals surface area contributed by atoms with Gasteiger partial charge in [0.25, 0.3) is 5.91 Å². The van der Waals surface area contributed by atoms with Crippen molar-refractivity contribution in [2.24, 2.45) is 5.10 Å². The number of hydrogen-bond acceptors (Lipinski definition) is 7. The third-order valence-corrected chi connectivity index (χ3v) is 6.43. The predicted octanol–water partition coefficient (Wildman–Crippen LogP) is 5.07. The van der Waals surface area contributed by atoms with Crippen molar-refractivity contribution in [3.63, 3.8) is 0 Å². The van der Waals surface area contributed by atoms with Crippen molar-refractivity contribution in [2.45, 2.75) is 43.5 Å². The minimum atomic E-state index is -0.526. The number of amides is 1. The highest BCUT2D eigenvalue weighted by atomic mass is 35.5. The van der Waals surface area contributed by atoms with Crippen LogP contribution in [0.25, 0.3) is 0 Å². The maximum Gasteiger partial charge on any atom is 0.256 e. The molecule has 1 aliphatic rings. The highest BCUT2D eigenvalue weighted by Gasteiger charge is 2.37. The number of rotatable bonds is 5. The number of thioether (sulfide) groups is 1. The molecule has 0 saturated carbocycles. The normalized spacial score (nSPS) is 16.5. The Morgan fingerprint density at radius 2 is 2.03 bits per heavy atom. The van der Waals surface area contributed by atoms with Crippen LogP contribution in [0.15, 0.2) is 57.2 Å². The number of hydrazone groups is 1. The molecule has 0 spiro atoms. The first-order valence-electron chi connectivity index (χ1n) is 9.99. The second kappa shape index (κ2) is 9.15. The molecular weight excluding hydrogens is 446 g/mol. The van der Waals surface area contributed by atoms with E-state index in [4.69, 9.17) is 16.0 Å². The van der Waals surface area contributed by atoms with Gasteiger partial charge in [-0.3, -0.25) is 4.79 Å². The van der Waals surface area contributed by atoms with Crippen LogP contribution in [-0.4, -0.2) is 31.8 Å². The molecule has 0 radical (unpaired) electrons. The van der Waals surface area contributed by atoms with E-state index in [0.717, 1.165) is 11.3 Å². The Morgan fingerprint density at radius 1 is 1.28 bits per heavy atom. The van der Waals surface area contributed by atoms with Crippen LogP contribution in [0.1, 0.15) is 47.8 Å². The van der Waals surface area contributed by atoms with Gasteiger partial charge >= 0.3 is 0 Å². The molecule has 3 aromatic rings. The molecule has 1 aliphatic heterocycles. The Kier molecular flexibility index (Phi) is 6.31. The second-order valence-electron chi connectivity index (χ2n) is 7.38. The fourth-order valence-corrected chi connectivity index (χ4v) is 4.70. The van der Waals surface area contributed by atoms with Crippen molar-refractivity contribution in [3.05, 3.63) is 76.1 Å². The van der Waals surface area contributed by atoms with Crippen molar-refractivity contribution in [3.8, 4) is 6.07 Å². The summed E-state index contributed by atoms with van der Waals surface area (Å²) in [6.07, 6.45) is 2.11. The summed E-state index contributed by atoms with van der Waals surface area (Å²) >= 11 is 7.25. The number of halogens is 1. The number of benzene rings is 1. The molecule has 2 unspecified atom stereocenters.